The Balaban J connectivity index is 1.24. The summed E-state index contributed by atoms with van der Waals surface area (Å²) >= 11 is 0. The molecule has 35 heavy (non-hydrogen) atoms. The maximum atomic E-state index is 13.3. The Morgan fingerprint density at radius 2 is 1.89 bits per heavy atom. The largest absolute Gasteiger partial charge is 0.416 e. The van der Waals surface area contributed by atoms with Crippen LogP contribution in [0.2, 0.25) is 0 Å². The Labute approximate surface area is 200 Å². The summed E-state index contributed by atoms with van der Waals surface area (Å²) in [5, 5.41) is 6.93. The van der Waals surface area contributed by atoms with Gasteiger partial charge < -0.3 is 25.4 Å². The van der Waals surface area contributed by atoms with Gasteiger partial charge >= 0.3 is 6.18 Å². The zero-order valence-corrected chi connectivity index (χ0v) is 19.2. The first-order chi connectivity index (χ1) is 16.9. The number of anilines is 3. The highest BCUT2D eigenvalue weighted by molar-refractivity contribution is 5.87. The molecule has 0 unspecified atom stereocenters. The Morgan fingerprint density at radius 1 is 1.09 bits per heavy atom. The van der Waals surface area contributed by atoms with Crippen molar-refractivity contribution in [3.8, 4) is 0 Å². The summed E-state index contributed by atoms with van der Waals surface area (Å²) in [5.74, 6) is 0.573. The summed E-state index contributed by atoms with van der Waals surface area (Å²) in [7, 11) is 0. The van der Waals surface area contributed by atoms with Crippen LogP contribution in [0.4, 0.5) is 30.4 Å². The first-order valence-electron chi connectivity index (χ1n) is 11.9. The number of benzene rings is 1. The molecule has 1 atom stereocenters. The molecule has 1 aromatic carbocycles. The van der Waals surface area contributed by atoms with Crippen molar-refractivity contribution in [1.29, 1.82) is 0 Å². The number of hydrogen-bond acceptors (Lipinski definition) is 6. The molecule has 0 bridgehead atoms. The number of H-pyrrole nitrogens is 1. The molecule has 5 rings (SSSR count). The highest BCUT2D eigenvalue weighted by Gasteiger charge is 2.32. The van der Waals surface area contributed by atoms with Gasteiger partial charge in [-0.15, -0.1) is 0 Å². The summed E-state index contributed by atoms with van der Waals surface area (Å²) in [6.45, 7) is 2.91. The number of carbonyl (C=O) groups is 1. The van der Waals surface area contributed by atoms with Crippen molar-refractivity contribution in [2.75, 3.05) is 47.8 Å². The monoisotopic (exact) mass is 487 g/mol. The number of alkyl halides is 3. The zero-order valence-electron chi connectivity index (χ0n) is 19.2. The zero-order chi connectivity index (χ0) is 24.4. The maximum absolute atomic E-state index is 13.3. The minimum Gasteiger partial charge on any atom is -0.374 e. The first kappa shape index (κ1) is 23.3. The number of amides is 1. The normalized spacial score (nSPS) is 18.8. The topological polar surface area (TPSA) is 89.2 Å². The Morgan fingerprint density at radius 3 is 2.69 bits per heavy atom. The van der Waals surface area contributed by atoms with E-state index in [2.05, 4.69) is 35.4 Å². The summed E-state index contributed by atoms with van der Waals surface area (Å²) in [6.07, 6.45) is 2.61. The minimum absolute atomic E-state index is 0.0819. The standard InChI is InChI=1S/C24H28F3N7O/c25-24(26,27)16-5-6-20(33-9-1-2-10-33)19(12-16)29-13-21(35)32-17-4-3-11-34(14-17)23-18-7-8-28-22(18)30-15-31-23/h5-8,12,15,17,29H,1-4,9-11,13-14H2,(H,32,35)(H,28,30,31)/t17-/m1/s1. The molecule has 3 aromatic rings. The second-order valence-corrected chi connectivity index (χ2v) is 9.07. The van der Waals surface area contributed by atoms with Gasteiger partial charge in [0.15, 0.2) is 0 Å². The number of nitrogens with one attached hydrogen (secondary N) is 3. The second-order valence-electron chi connectivity index (χ2n) is 9.07. The molecule has 0 spiro atoms. The number of hydrogen-bond donors (Lipinski definition) is 3. The van der Waals surface area contributed by atoms with Gasteiger partial charge in [-0.3, -0.25) is 4.79 Å². The fourth-order valence-electron chi connectivity index (χ4n) is 4.94. The van der Waals surface area contributed by atoms with E-state index in [4.69, 9.17) is 0 Å². The lowest BCUT2D eigenvalue weighted by atomic mass is 10.1. The van der Waals surface area contributed by atoms with Crippen molar-refractivity contribution in [3.05, 3.63) is 42.4 Å². The molecule has 8 nitrogen and oxygen atoms in total. The number of nitrogens with zero attached hydrogens (tertiary/aromatic N) is 4. The summed E-state index contributed by atoms with van der Waals surface area (Å²) in [6, 6.07) is 5.55. The van der Waals surface area contributed by atoms with Crippen molar-refractivity contribution in [3.63, 3.8) is 0 Å². The molecule has 2 fully saturated rings. The van der Waals surface area contributed by atoms with Crippen LogP contribution in [0.5, 0.6) is 0 Å². The number of halogens is 3. The van der Waals surface area contributed by atoms with E-state index >= 15 is 0 Å². The summed E-state index contributed by atoms with van der Waals surface area (Å²) in [5.41, 5.74) is 1.07. The van der Waals surface area contributed by atoms with Crippen LogP contribution in [-0.4, -0.2) is 59.6 Å². The number of aromatic nitrogens is 3. The lowest BCUT2D eigenvalue weighted by molar-refractivity contribution is -0.137. The molecule has 2 aliphatic rings. The highest BCUT2D eigenvalue weighted by Crippen LogP contribution is 2.36. The highest BCUT2D eigenvalue weighted by atomic mass is 19.4. The van der Waals surface area contributed by atoms with Gasteiger partial charge in [-0.25, -0.2) is 9.97 Å². The van der Waals surface area contributed by atoms with Crippen LogP contribution < -0.4 is 20.4 Å². The predicted octanol–water partition coefficient (Wildman–Crippen LogP) is 3.77. The van der Waals surface area contributed by atoms with E-state index in [-0.39, 0.29) is 18.5 Å². The lowest BCUT2D eigenvalue weighted by Gasteiger charge is -2.34. The lowest BCUT2D eigenvalue weighted by Crippen LogP contribution is -2.49. The molecule has 2 aromatic heterocycles. The average Bonchev–Trinajstić information content (AvgIpc) is 3.54. The van der Waals surface area contributed by atoms with E-state index in [0.29, 0.717) is 17.9 Å². The molecule has 2 aliphatic heterocycles. The number of piperidine rings is 1. The van der Waals surface area contributed by atoms with Gasteiger partial charge in [0, 0.05) is 38.4 Å². The van der Waals surface area contributed by atoms with Gasteiger partial charge in [-0.1, -0.05) is 0 Å². The van der Waals surface area contributed by atoms with E-state index in [0.717, 1.165) is 74.3 Å². The van der Waals surface area contributed by atoms with Gasteiger partial charge in [0.05, 0.1) is 28.9 Å². The van der Waals surface area contributed by atoms with Crippen molar-refractivity contribution in [2.24, 2.45) is 0 Å². The van der Waals surface area contributed by atoms with Gasteiger partial charge in [0.1, 0.15) is 17.8 Å². The maximum Gasteiger partial charge on any atom is 0.416 e. The third-order valence-corrected chi connectivity index (χ3v) is 6.63. The fourth-order valence-corrected chi connectivity index (χ4v) is 4.94. The molecule has 0 saturated carbocycles. The molecule has 2 saturated heterocycles. The Kier molecular flexibility index (Phi) is 6.40. The molecule has 3 N–H and O–H groups in total. The number of carbonyl (C=O) groups excluding carboxylic acids is 1. The molecular weight excluding hydrogens is 459 g/mol. The van der Waals surface area contributed by atoms with Crippen molar-refractivity contribution < 1.29 is 18.0 Å². The SMILES string of the molecule is O=C(CNc1cc(C(F)(F)F)ccc1N1CCCC1)N[C@@H]1CCCN(c2ncnc3[nH]ccc23)C1. The van der Waals surface area contributed by atoms with Gasteiger partial charge in [0.2, 0.25) is 5.91 Å². The van der Waals surface area contributed by atoms with Crippen LogP contribution in [0.3, 0.4) is 0 Å². The summed E-state index contributed by atoms with van der Waals surface area (Å²) < 4.78 is 39.9. The minimum atomic E-state index is -4.44. The van der Waals surface area contributed by atoms with E-state index in [1.807, 2.05) is 12.3 Å². The third kappa shape index (κ3) is 5.13. The quantitative estimate of drug-likeness (QED) is 0.491. The van der Waals surface area contributed by atoms with Crippen LogP contribution in [0.25, 0.3) is 11.0 Å². The predicted molar refractivity (Wildman–Crippen MR) is 129 cm³/mol. The molecule has 4 heterocycles. The van der Waals surface area contributed by atoms with Crippen LogP contribution >= 0.6 is 0 Å². The molecule has 0 aliphatic carbocycles. The van der Waals surface area contributed by atoms with Gasteiger partial charge in [-0.05, 0) is 49.9 Å². The number of aromatic amines is 1. The van der Waals surface area contributed by atoms with E-state index in [9.17, 15) is 18.0 Å². The average molecular weight is 488 g/mol. The Hall–Kier alpha value is -3.50. The first-order valence-corrected chi connectivity index (χ1v) is 11.9. The molecule has 186 valence electrons. The van der Waals surface area contributed by atoms with Gasteiger partial charge in [0.25, 0.3) is 0 Å². The van der Waals surface area contributed by atoms with Gasteiger partial charge in [-0.2, -0.15) is 13.2 Å². The third-order valence-electron chi connectivity index (χ3n) is 6.63. The number of fused-ring (bicyclic) bond motifs is 1. The van der Waals surface area contributed by atoms with E-state index in [1.165, 1.54) is 12.4 Å². The fraction of sp³-hybridized carbons (Fsp3) is 0.458. The van der Waals surface area contributed by atoms with E-state index < -0.39 is 11.7 Å². The summed E-state index contributed by atoms with van der Waals surface area (Å²) in [4.78, 5) is 28.7. The van der Waals surface area contributed by atoms with Crippen LogP contribution in [0.1, 0.15) is 31.2 Å². The molecule has 0 radical (unpaired) electrons. The Bertz CT molecular complexity index is 1190. The van der Waals surface area contributed by atoms with Crippen LogP contribution in [0.15, 0.2) is 36.8 Å². The van der Waals surface area contributed by atoms with Crippen molar-refractivity contribution in [1.82, 2.24) is 20.3 Å². The molecule has 11 heteroatoms. The van der Waals surface area contributed by atoms with Crippen LogP contribution in [0, 0.1) is 0 Å². The molecule has 1 amide bonds. The molecular formula is C24H28F3N7O. The second kappa shape index (κ2) is 9.63. The van der Waals surface area contributed by atoms with Crippen LogP contribution in [-0.2, 0) is 11.0 Å². The van der Waals surface area contributed by atoms with Crippen molar-refractivity contribution >= 4 is 34.1 Å². The van der Waals surface area contributed by atoms with Crippen molar-refractivity contribution in [2.45, 2.75) is 37.9 Å². The smallest absolute Gasteiger partial charge is 0.374 e. The van der Waals surface area contributed by atoms with E-state index in [1.54, 1.807) is 0 Å². The number of rotatable bonds is 6.